The van der Waals surface area contributed by atoms with Crippen molar-refractivity contribution in [2.45, 2.75) is 92.4 Å². The Morgan fingerprint density at radius 1 is 0.935 bits per heavy atom. The quantitative estimate of drug-likeness (QED) is 0.275. The van der Waals surface area contributed by atoms with Gasteiger partial charge in [0.2, 0.25) is 5.91 Å². The Kier molecular flexibility index (Phi) is 6.52. The minimum Gasteiger partial charge on any atom is -0.481 e. The molecule has 0 radical (unpaired) electrons. The number of aryl methyl sites for hydroxylation is 1. The van der Waals surface area contributed by atoms with E-state index in [0.29, 0.717) is 0 Å². The van der Waals surface area contributed by atoms with Gasteiger partial charge in [0.15, 0.2) is 9.84 Å². The number of nitrogens with zero attached hydrogens (tertiary/aromatic N) is 1. The predicted molar refractivity (Wildman–Crippen MR) is 148 cm³/mol. The number of halogens is 8. The van der Waals surface area contributed by atoms with Crippen LogP contribution in [-0.2, 0) is 36.3 Å². The molecule has 1 heterocycles. The van der Waals surface area contributed by atoms with Crippen LogP contribution in [0.2, 0.25) is 0 Å². The number of alkyl halides is 7. The van der Waals surface area contributed by atoms with Gasteiger partial charge in [-0.1, -0.05) is 6.07 Å². The Bertz CT molecular complexity index is 1860. The van der Waals surface area contributed by atoms with Gasteiger partial charge in [-0.2, -0.15) is 26.3 Å². The Balaban J connectivity index is 1.87. The summed E-state index contributed by atoms with van der Waals surface area (Å²) < 4.78 is 191. The van der Waals surface area contributed by atoms with Gasteiger partial charge in [-0.15, -0.1) is 0 Å². The van der Waals surface area contributed by atoms with E-state index < -0.39 is 140 Å². The fourth-order valence-electron chi connectivity index (χ4n) is 7.38. The van der Waals surface area contributed by atoms with E-state index in [4.69, 9.17) is 8.22 Å². The van der Waals surface area contributed by atoms with E-state index in [1.807, 2.05) is 0 Å². The molecule has 1 amide bonds. The first-order valence-electron chi connectivity index (χ1n) is 17.2. The molecule has 252 valence electrons. The van der Waals surface area contributed by atoms with Crippen molar-refractivity contribution in [3.63, 3.8) is 0 Å². The maximum absolute atomic E-state index is 16.0. The number of rotatable bonds is 5. The van der Waals surface area contributed by atoms with Crippen LogP contribution in [0.3, 0.4) is 0 Å². The summed E-state index contributed by atoms with van der Waals surface area (Å²) in [5, 5.41) is 9.37. The van der Waals surface area contributed by atoms with Crippen LogP contribution >= 0.6 is 0 Å². The van der Waals surface area contributed by atoms with Crippen molar-refractivity contribution in [3.8, 4) is 0 Å². The Labute approximate surface area is 268 Å². The topological polar surface area (TPSA) is 91.8 Å². The van der Waals surface area contributed by atoms with E-state index in [0.717, 1.165) is 29.2 Å². The standard InChI is InChI=1S/C31H31F8NO5S/c1-16-15-23-22(17(2)25(16)29(33,30(34,35)36)31(37,38)39)11-12-24-28(23,46(44,45)21-9-7-20(32)8-10-21)13-14-40(24)26(41)18-3-5-19(6-4-18)27(42)43/h7-10,15,18-19,24H,3-6,11-14H2,1-2H3,(H,42,43)/t18?,19?,24-,28-/m1/s1/i1D3,2D3. The lowest BCUT2D eigenvalue weighted by atomic mass is 9.73. The third-order valence-corrected chi connectivity index (χ3v) is 12.2. The van der Waals surface area contributed by atoms with E-state index >= 15 is 4.39 Å². The summed E-state index contributed by atoms with van der Waals surface area (Å²) in [6.07, 6.45) is -15.6. The minimum absolute atomic E-state index is 0.0799. The van der Waals surface area contributed by atoms with Crippen molar-refractivity contribution >= 4 is 21.7 Å². The molecule has 1 saturated carbocycles. The molecule has 2 atom stereocenters. The van der Waals surface area contributed by atoms with Gasteiger partial charge >= 0.3 is 24.0 Å². The lowest BCUT2D eigenvalue weighted by Gasteiger charge is -2.45. The van der Waals surface area contributed by atoms with Crippen LogP contribution in [0.1, 0.15) is 74.6 Å². The smallest absolute Gasteiger partial charge is 0.435 e. The van der Waals surface area contributed by atoms with Crippen LogP contribution in [0.5, 0.6) is 0 Å². The number of hydrogen-bond acceptors (Lipinski definition) is 4. The van der Waals surface area contributed by atoms with Crippen LogP contribution in [0, 0.1) is 31.4 Å². The zero-order valence-electron chi connectivity index (χ0n) is 29.7. The summed E-state index contributed by atoms with van der Waals surface area (Å²) in [4.78, 5) is 26.0. The highest BCUT2D eigenvalue weighted by Gasteiger charge is 2.74. The van der Waals surface area contributed by atoms with Crippen molar-refractivity contribution in [1.29, 1.82) is 0 Å². The van der Waals surface area contributed by atoms with E-state index in [9.17, 15) is 53.8 Å². The van der Waals surface area contributed by atoms with E-state index in [2.05, 4.69) is 0 Å². The molecule has 2 aromatic carbocycles. The number of carbonyl (C=O) groups is 2. The molecule has 46 heavy (non-hydrogen) atoms. The Hall–Kier alpha value is -3.23. The molecule has 0 bridgehead atoms. The number of benzene rings is 2. The molecule has 0 unspecified atom stereocenters. The van der Waals surface area contributed by atoms with Gasteiger partial charge in [-0.3, -0.25) is 9.59 Å². The lowest BCUT2D eigenvalue weighted by molar-refractivity contribution is -0.349. The zero-order valence-corrected chi connectivity index (χ0v) is 24.6. The molecule has 2 aliphatic carbocycles. The molecule has 0 aromatic heterocycles. The summed E-state index contributed by atoms with van der Waals surface area (Å²) in [5.74, 6) is -4.19. The van der Waals surface area contributed by atoms with Crippen LogP contribution in [0.4, 0.5) is 35.1 Å². The first kappa shape index (κ1) is 26.8. The van der Waals surface area contributed by atoms with Gasteiger partial charge in [0.1, 0.15) is 10.6 Å². The Morgan fingerprint density at radius 2 is 1.52 bits per heavy atom. The zero-order chi connectivity index (χ0) is 39.2. The van der Waals surface area contributed by atoms with Crippen LogP contribution < -0.4 is 0 Å². The van der Waals surface area contributed by atoms with Crippen LogP contribution in [0.15, 0.2) is 35.2 Å². The van der Waals surface area contributed by atoms with Crippen molar-refractivity contribution in [3.05, 3.63) is 64.0 Å². The molecule has 1 N–H and O–H groups in total. The summed E-state index contributed by atoms with van der Waals surface area (Å²) >= 11 is 0. The fourth-order valence-corrected chi connectivity index (χ4v) is 9.73. The summed E-state index contributed by atoms with van der Waals surface area (Å²) in [5.41, 5.74) is -15.1. The molecule has 1 saturated heterocycles. The highest BCUT2D eigenvalue weighted by Crippen LogP contribution is 2.59. The molecular weight excluding hydrogens is 650 g/mol. The molecule has 2 aromatic rings. The van der Waals surface area contributed by atoms with Crippen molar-refractivity contribution in [2.24, 2.45) is 11.8 Å². The number of likely N-dealkylation sites (tertiary alicyclic amines) is 1. The predicted octanol–water partition coefficient (Wildman–Crippen LogP) is 6.84. The van der Waals surface area contributed by atoms with Crippen LogP contribution in [0.25, 0.3) is 0 Å². The normalized spacial score (nSPS) is 28.1. The van der Waals surface area contributed by atoms with Crippen molar-refractivity contribution < 1.29 is 66.5 Å². The van der Waals surface area contributed by atoms with Crippen molar-refractivity contribution in [1.82, 2.24) is 4.90 Å². The highest BCUT2D eigenvalue weighted by molar-refractivity contribution is 7.92. The average Bonchev–Trinajstić information content (AvgIpc) is 3.43. The largest absolute Gasteiger partial charge is 0.481 e. The molecule has 3 aliphatic rings. The van der Waals surface area contributed by atoms with Gasteiger partial charge in [-0.05, 0) is 105 Å². The SMILES string of the molecule is [2H]C([2H])([2H])c1cc2c(c(C([2H])([2H])[2H])c1C(F)(C(F)(F)F)C(F)(F)F)CC[C@H]1N(C(=O)C3CCC(C(=O)O)CC3)CC[C@@]21S(=O)(=O)c1ccc(F)cc1. The average molecular weight is 688 g/mol. The molecule has 1 aliphatic heterocycles. The summed E-state index contributed by atoms with van der Waals surface area (Å²) in [6, 6.07) is 1.71. The van der Waals surface area contributed by atoms with Gasteiger partial charge in [0.25, 0.3) is 0 Å². The summed E-state index contributed by atoms with van der Waals surface area (Å²) in [6.45, 7) is -8.60. The lowest BCUT2D eigenvalue weighted by Crippen LogP contribution is -2.54. The molecule has 15 heteroatoms. The molecule has 2 fully saturated rings. The number of hydrogen-bond donors (Lipinski definition) is 1. The maximum atomic E-state index is 16.0. The molecule has 6 nitrogen and oxygen atoms in total. The molecule has 0 spiro atoms. The maximum Gasteiger partial charge on any atom is 0.435 e. The fraction of sp³-hybridized carbons (Fsp3) is 0.548. The number of amides is 1. The van der Waals surface area contributed by atoms with Gasteiger partial charge in [0, 0.05) is 26.3 Å². The first-order chi connectivity index (χ1) is 23.6. The number of carbonyl (C=O) groups excluding carboxylic acids is 1. The summed E-state index contributed by atoms with van der Waals surface area (Å²) in [7, 11) is -5.08. The van der Waals surface area contributed by atoms with Gasteiger partial charge in [0.05, 0.1) is 16.9 Å². The number of fused-ring (bicyclic) bond motifs is 3. The van der Waals surface area contributed by atoms with Crippen molar-refractivity contribution in [2.75, 3.05) is 6.54 Å². The second-order valence-corrected chi connectivity index (χ2v) is 14.1. The van der Waals surface area contributed by atoms with Gasteiger partial charge < -0.3 is 10.0 Å². The second kappa shape index (κ2) is 11.2. The third-order valence-electron chi connectivity index (χ3n) is 9.64. The third kappa shape index (κ3) is 4.90. The molecular formula is C31H31F8NO5S. The number of sulfone groups is 1. The number of aliphatic carboxylic acids is 1. The Morgan fingerprint density at radius 3 is 2.04 bits per heavy atom. The second-order valence-electron chi connectivity index (χ2n) is 11.9. The van der Waals surface area contributed by atoms with Crippen LogP contribution in [-0.4, -0.2) is 55.2 Å². The highest BCUT2D eigenvalue weighted by atomic mass is 32.2. The number of carboxylic acid groups (broad SMARTS) is 1. The van der Waals surface area contributed by atoms with E-state index in [1.54, 1.807) is 0 Å². The van der Waals surface area contributed by atoms with E-state index in [1.165, 1.54) is 0 Å². The molecule has 5 rings (SSSR count). The minimum atomic E-state index is -6.95. The first-order valence-corrected chi connectivity index (χ1v) is 15.7. The van der Waals surface area contributed by atoms with Gasteiger partial charge in [-0.25, -0.2) is 17.2 Å². The van der Waals surface area contributed by atoms with E-state index in [-0.39, 0.29) is 31.7 Å². The number of carboxylic acids is 1. The monoisotopic (exact) mass is 687 g/mol.